The molecular formula is C20H19FN4O. The lowest BCUT2D eigenvalue weighted by Crippen LogP contribution is -2.12. The Labute approximate surface area is 151 Å². The zero-order valence-electron chi connectivity index (χ0n) is 14.5. The van der Waals surface area contributed by atoms with Crippen LogP contribution in [0.1, 0.15) is 10.4 Å². The van der Waals surface area contributed by atoms with E-state index in [1.807, 2.05) is 49.3 Å². The van der Waals surface area contributed by atoms with Crippen molar-refractivity contribution in [2.75, 3.05) is 29.6 Å². The zero-order chi connectivity index (χ0) is 18.5. The summed E-state index contributed by atoms with van der Waals surface area (Å²) in [5.41, 5.74) is 3.24. The van der Waals surface area contributed by atoms with E-state index >= 15 is 0 Å². The minimum absolute atomic E-state index is 0.336. The van der Waals surface area contributed by atoms with Crippen molar-refractivity contribution in [1.29, 1.82) is 0 Å². The molecule has 0 aliphatic carbocycles. The fourth-order valence-corrected chi connectivity index (χ4v) is 2.34. The lowest BCUT2D eigenvalue weighted by atomic mass is 10.2. The van der Waals surface area contributed by atoms with Crippen molar-refractivity contribution in [2.45, 2.75) is 0 Å². The van der Waals surface area contributed by atoms with Crippen molar-refractivity contribution in [3.05, 3.63) is 78.2 Å². The summed E-state index contributed by atoms with van der Waals surface area (Å²) in [4.78, 5) is 18.4. The Hall–Kier alpha value is -3.41. The van der Waals surface area contributed by atoms with E-state index in [1.165, 1.54) is 24.3 Å². The van der Waals surface area contributed by atoms with Gasteiger partial charge >= 0.3 is 0 Å². The van der Waals surface area contributed by atoms with E-state index in [0.717, 1.165) is 17.1 Å². The van der Waals surface area contributed by atoms with Crippen LogP contribution in [0.4, 0.5) is 27.3 Å². The molecule has 5 nitrogen and oxygen atoms in total. The molecule has 2 aromatic carbocycles. The van der Waals surface area contributed by atoms with E-state index < -0.39 is 0 Å². The van der Waals surface area contributed by atoms with Crippen LogP contribution in [0.5, 0.6) is 0 Å². The number of aromatic nitrogens is 1. The fraction of sp³-hybridized carbons (Fsp3) is 0.100. The SMILES string of the molecule is CN(C)c1ccc(Nc2ccc(NC(=O)c3ccc(F)cc3)nc2)cc1. The van der Waals surface area contributed by atoms with E-state index in [0.29, 0.717) is 11.4 Å². The molecule has 0 bridgehead atoms. The summed E-state index contributed by atoms with van der Waals surface area (Å²) >= 11 is 0. The summed E-state index contributed by atoms with van der Waals surface area (Å²) < 4.78 is 12.9. The van der Waals surface area contributed by atoms with Crippen LogP contribution < -0.4 is 15.5 Å². The van der Waals surface area contributed by atoms with E-state index in [9.17, 15) is 9.18 Å². The van der Waals surface area contributed by atoms with Crippen molar-refractivity contribution in [2.24, 2.45) is 0 Å². The van der Waals surface area contributed by atoms with Gasteiger partial charge in [0.25, 0.3) is 5.91 Å². The number of carbonyl (C=O) groups excluding carboxylic acids is 1. The maximum absolute atomic E-state index is 12.9. The van der Waals surface area contributed by atoms with Crippen LogP contribution in [0, 0.1) is 5.82 Å². The second-order valence-electron chi connectivity index (χ2n) is 5.96. The lowest BCUT2D eigenvalue weighted by Gasteiger charge is -2.13. The number of nitrogens with one attached hydrogen (secondary N) is 2. The molecular weight excluding hydrogens is 331 g/mol. The van der Waals surface area contributed by atoms with Gasteiger partial charge in [0.05, 0.1) is 11.9 Å². The molecule has 1 heterocycles. The van der Waals surface area contributed by atoms with Crippen molar-refractivity contribution < 1.29 is 9.18 Å². The molecule has 0 fully saturated rings. The molecule has 0 saturated heterocycles. The Morgan fingerprint density at radius 3 is 2.15 bits per heavy atom. The predicted octanol–water partition coefficient (Wildman–Crippen LogP) is 4.28. The van der Waals surface area contributed by atoms with Crippen molar-refractivity contribution in [1.82, 2.24) is 4.98 Å². The van der Waals surface area contributed by atoms with Gasteiger partial charge in [0.1, 0.15) is 11.6 Å². The lowest BCUT2D eigenvalue weighted by molar-refractivity contribution is 0.102. The fourth-order valence-electron chi connectivity index (χ4n) is 2.34. The van der Waals surface area contributed by atoms with Gasteiger partial charge in [-0.15, -0.1) is 0 Å². The first kappa shape index (κ1) is 17.4. The molecule has 0 spiro atoms. The van der Waals surface area contributed by atoms with Gasteiger partial charge < -0.3 is 15.5 Å². The number of amides is 1. The summed E-state index contributed by atoms with van der Waals surface area (Å²) in [6.45, 7) is 0. The number of pyridine rings is 1. The molecule has 0 radical (unpaired) electrons. The third-order valence-electron chi connectivity index (χ3n) is 3.78. The Balaban J connectivity index is 1.62. The number of rotatable bonds is 5. The van der Waals surface area contributed by atoms with Crippen molar-refractivity contribution >= 4 is 28.8 Å². The highest BCUT2D eigenvalue weighted by Crippen LogP contribution is 2.20. The normalized spacial score (nSPS) is 10.3. The van der Waals surface area contributed by atoms with Crippen LogP contribution >= 0.6 is 0 Å². The van der Waals surface area contributed by atoms with Gasteiger partial charge in [-0.05, 0) is 60.7 Å². The zero-order valence-corrected chi connectivity index (χ0v) is 14.5. The topological polar surface area (TPSA) is 57.3 Å². The van der Waals surface area contributed by atoms with Gasteiger partial charge in [0, 0.05) is 31.0 Å². The van der Waals surface area contributed by atoms with Crippen molar-refractivity contribution in [3.63, 3.8) is 0 Å². The van der Waals surface area contributed by atoms with Crippen LogP contribution in [0.3, 0.4) is 0 Å². The van der Waals surface area contributed by atoms with E-state index in [1.54, 1.807) is 12.3 Å². The molecule has 1 aromatic heterocycles. The number of hydrogen-bond acceptors (Lipinski definition) is 4. The van der Waals surface area contributed by atoms with Crippen LogP contribution in [0.15, 0.2) is 66.9 Å². The van der Waals surface area contributed by atoms with Crippen LogP contribution in [-0.4, -0.2) is 25.0 Å². The molecule has 26 heavy (non-hydrogen) atoms. The average molecular weight is 350 g/mol. The highest BCUT2D eigenvalue weighted by molar-refractivity contribution is 6.03. The van der Waals surface area contributed by atoms with E-state index in [2.05, 4.69) is 15.6 Å². The summed E-state index contributed by atoms with van der Waals surface area (Å²) in [7, 11) is 3.98. The van der Waals surface area contributed by atoms with Gasteiger partial charge in [-0.2, -0.15) is 0 Å². The maximum atomic E-state index is 12.9. The van der Waals surface area contributed by atoms with Gasteiger partial charge in [-0.1, -0.05) is 0 Å². The van der Waals surface area contributed by atoms with Crippen LogP contribution in [-0.2, 0) is 0 Å². The Morgan fingerprint density at radius 1 is 0.923 bits per heavy atom. The van der Waals surface area contributed by atoms with Crippen molar-refractivity contribution in [3.8, 4) is 0 Å². The number of carbonyl (C=O) groups is 1. The van der Waals surface area contributed by atoms with Crippen LogP contribution in [0.2, 0.25) is 0 Å². The maximum Gasteiger partial charge on any atom is 0.256 e. The van der Waals surface area contributed by atoms with Gasteiger partial charge in [-0.3, -0.25) is 4.79 Å². The minimum Gasteiger partial charge on any atom is -0.378 e. The Morgan fingerprint density at radius 2 is 1.58 bits per heavy atom. The summed E-state index contributed by atoms with van der Waals surface area (Å²) in [5, 5.41) is 5.94. The molecule has 6 heteroatoms. The second kappa shape index (κ2) is 7.65. The highest BCUT2D eigenvalue weighted by Gasteiger charge is 2.07. The number of nitrogens with zero attached hydrogens (tertiary/aromatic N) is 2. The molecule has 0 aliphatic rings. The standard InChI is InChI=1S/C20H19FN4O/c1-25(2)18-10-7-16(8-11-18)23-17-9-12-19(22-13-17)24-20(26)14-3-5-15(21)6-4-14/h3-13,23H,1-2H3,(H,22,24,26). The van der Waals surface area contributed by atoms with E-state index in [4.69, 9.17) is 0 Å². The molecule has 1 amide bonds. The number of anilines is 4. The Bertz CT molecular complexity index is 875. The first-order chi connectivity index (χ1) is 12.5. The smallest absolute Gasteiger partial charge is 0.256 e. The quantitative estimate of drug-likeness (QED) is 0.721. The third kappa shape index (κ3) is 4.36. The third-order valence-corrected chi connectivity index (χ3v) is 3.78. The van der Waals surface area contributed by atoms with Gasteiger partial charge in [0.2, 0.25) is 0 Å². The van der Waals surface area contributed by atoms with Gasteiger partial charge in [-0.25, -0.2) is 9.37 Å². The minimum atomic E-state index is -0.381. The van der Waals surface area contributed by atoms with E-state index in [-0.39, 0.29) is 11.7 Å². The molecule has 0 unspecified atom stereocenters. The molecule has 3 rings (SSSR count). The summed E-state index contributed by atoms with van der Waals surface area (Å²) in [6.07, 6.45) is 1.64. The predicted molar refractivity (Wildman–Crippen MR) is 103 cm³/mol. The number of halogens is 1. The molecule has 0 saturated carbocycles. The molecule has 0 atom stereocenters. The second-order valence-corrected chi connectivity index (χ2v) is 5.96. The first-order valence-corrected chi connectivity index (χ1v) is 8.09. The molecule has 132 valence electrons. The summed E-state index contributed by atoms with van der Waals surface area (Å²) in [6, 6.07) is 16.9. The molecule has 0 aliphatic heterocycles. The summed E-state index contributed by atoms with van der Waals surface area (Å²) in [5.74, 6) is -0.293. The largest absolute Gasteiger partial charge is 0.378 e. The highest BCUT2D eigenvalue weighted by atomic mass is 19.1. The average Bonchev–Trinajstić information content (AvgIpc) is 2.64. The number of hydrogen-bond donors (Lipinski definition) is 2. The van der Waals surface area contributed by atoms with Crippen LogP contribution in [0.25, 0.3) is 0 Å². The molecule has 2 N–H and O–H groups in total. The first-order valence-electron chi connectivity index (χ1n) is 8.09. The monoisotopic (exact) mass is 350 g/mol. The number of benzene rings is 2. The van der Waals surface area contributed by atoms with Gasteiger partial charge in [0.15, 0.2) is 0 Å². The Kier molecular flexibility index (Phi) is 5.12. The molecule has 3 aromatic rings.